The number of aryl methyl sites for hydroxylation is 1. The molecule has 4 heteroatoms. The van der Waals surface area contributed by atoms with Gasteiger partial charge in [-0.1, -0.05) is 6.92 Å². The van der Waals surface area contributed by atoms with Crippen LogP contribution in [-0.2, 0) is 6.54 Å². The zero-order valence-corrected chi connectivity index (χ0v) is 10.8. The Labute approximate surface area is 106 Å². The quantitative estimate of drug-likeness (QED) is 0.797. The molecule has 0 aliphatic heterocycles. The van der Waals surface area contributed by atoms with E-state index in [0.717, 1.165) is 36.6 Å². The van der Waals surface area contributed by atoms with Gasteiger partial charge in [0.1, 0.15) is 11.6 Å². The summed E-state index contributed by atoms with van der Waals surface area (Å²) in [6.07, 6.45) is 2.93. The number of nitrogens with zero attached hydrogens (tertiary/aromatic N) is 1. The Bertz CT molecular complexity index is 520. The first kappa shape index (κ1) is 12.8. The van der Waals surface area contributed by atoms with Crippen LogP contribution in [0.25, 0.3) is 11.4 Å². The van der Waals surface area contributed by atoms with E-state index in [-0.39, 0.29) is 5.82 Å². The van der Waals surface area contributed by atoms with E-state index in [2.05, 4.69) is 22.2 Å². The van der Waals surface area contributed by atoms with E-state index in [1.165, 1.54) is 6.07 Å². The number of hydrogen-bond donors (Lipinski definition) is 2. The van der Waals surface area contributed by atoms with Crippen molar-refractivity contribution in [1.29, 1.82) is 0 Å². The summed E-state index contributed by atoms with van der Waals surface area (Å²) in [5.74, 6) is 0.599. The van der Waals surface area contributed by atoms with Crippen LogP contribution < -0.4 is 5.32 Å². The highest BCUT2D eigenvalue weighted by Gasteiger charge is 2.05. The van der Waals surface area contributed by atoms with Crippen molar-refractivity contribution in [3.8, 4) is 11.4 Å². The Morgan fingerprint density at radius 3 is 2.94 bits per heavy atom. The summed E-state index contributed by atoms with van der Waals surface area (Å²) < 4.78 is 13.2. The average Bonchev–Trinajstić information content (AvgIpc) is 2.82. The standard InChI is InChI=1S/C14H18FN3/c1-3-6-16-8-12-9-17-14(18-12)11-4-5-13(15)10(2)7-11/h4-5,7,9,16H,3,6,8H2,1-2H3,(H,17,18). The zero-order chi connectivity index (χ0) is 13.0. The molecule has 1 aromatic carbocycles. The smallest absolute Gasteiger partial charge is 0.137 e. The van der Waals surface area contributed by atoms with E-state index in [1.807, 2.05) is 6.20 Å². The number of imidazole rings is 1. The van der Waals surface area contributed by atoms with Gasteiger partial charge in [-0.15, -0.1) is 0 Å². The predicted molar refractivity (Wildman–Crippen MR) is 70.7 cm³/mol. The van der Waals surface area contributed by atoms with Gasteiger partial charge in [0.15, 0.2) is 0 Å². The largest absolute Gasteiger partial charge is 0.341 e. The fourth-order valence-corrected chi connectivity index (χ4v) is 1.79. The number of nitrogens with one attached hydrogen (secondary N) is 2. The maximum Gasteiger partial charge on any atom is 0.137 e. The van der Waals surface area contributed by atoms with Crippen LogP contribution in [0, 0.1) is 12.7 Å². The summed E-state index contributed by atoms with van der Waals surface area (Å²) in [4.78, 5) is 7.56. The first-order valence-electron chi connectivity index (χ1n) is 6.22. The first-order chi connectivity index (χ1) is 8.70. The van der Waals surface area contributed by atoms with Crippen molar-refractivity contribution in [3.05, 3.63) is 41.5 Å². The average molecular weight is 247 g/mol. The van der Waals surface area contributed by atoms with Gasteiger partial charge in [-0.25, -0.2) is 9.37 Å². The lowest BCUT2D eigenvalue weighted by Crippen LogP contribution is -2.13. The highest BCUT2D eigenvalue weighted by Crippen LogP contribution is 2.18. The molecule has 0 aliphatic carbocycles. The van der Waals surface area contributed by atoms with Gasteiger partial charge in [0.25, 0.3) is 0 Å². The Balaban J connectivity index is 2.11. The van der Waals surface area contributed by atoms with E-state index in [0.29, 0.717) is 5.56 Å². The molecular weight excluding hydrogens is 229 g/mol. The number of halogens is 1. The van der Waals surface area contributed by atoms with Gasteiger partial charge in [-0.3, -0.25) is 0 Å². The van der Waals surface area contributed by atoms with Crippen LogP contribution in [0.15, 0.2) is 24.4 Å². The number of aromatic nitrogens is 2. The summed E-state index contributed by atoms with van der Waals surface area (Å²) in [7, 11) is 0. The summed E-state index contributed by atoms with van der Waals surface area (Å²) in [5, 5.41) is 3.31. The van der Waals surface area contributed by atoms with Crippen molar-refractivity contribution in [1.82, 2.24) is 15.3 Å². The third-order valence-electron chi connectivity index (χ3n) is 2.80. The molecule has 96 valence electrons. The summed E-state index contributed by atoms with van der Waals surface area (Å²) >= 11 is 0. The van der Waals surface area contributed by atoms with Crippen molar-refractivity contribution in [2.75, 3.05) is 6.54 Å². The van der Waals surface area contributed by atoms with E-state index < -0.39 is 0 Å². The summed E-state index contributed by atoms with van der Waals surface area (Å²) in [6.45, 7) is 5.66. The fraction of sp³-hybridized carbons (Fsp3) is 0.357. The number of rotatable bonds is 5. The van der Waals surface area contributed by atoms with Crippen LogP contribution in [0.2, 0.25) is 0 Å². The Kier molecular flexibility index (Phi) is 4.10. The molecule has 0 amide bonds. The third kappa shape index (κ3) is 2.96. The third-order valence-corrected chi connectivity index (χ3v) is 2.80. The van der Waals surface area contributed by atoms with Crippen molar-refractivity contribution < 1.29 is 4.39 Å². The predicted octanol–water partition coefficient (Wildman–Crippen LogP) is 3.02. The fourth-order valence-electron chi connectivity index (χ4n) is 1.79. The molecule has 0 unspecified atom stereocenters. The first-order valence-corrected chi connectivity index (χ1v) is 6.22. The van der Waals surface area contributed by atoms with Crippen molar-refractivity contribution in [2.45, 2.75) is 26.8 Å². The maximum absolute atomic E-state index is 13.2. The molecule has 2 rings (SSSR count). The van der Waals surface area contributed by atoms with Gasteiger partial charge in [-0.05, 0) is 43.7 Å². The van der Waals surface area contributed by atoms with Crippen LogP contribution in [0.5, 0.6) is 0 Å². The lowest BCUT2D eigenvalue weighted by Gasteiger charge is -2.01. The van der Waals surface area contributed by atoms with Crippen LogP contribution in [0.1, 0.15) is 24.6 Å². The molecule has 0 bridgehead atoms. The van der Waals surface area contributed by atoms with Gasteiger partial charge in [-0.2, -0.15) is 0 Å². The normalized spacial score (nSPS) is 10.8. The van der Waals surface area contributed by atoms with Gasteiger partial charge in [0.05, 0.1) is 0 Å². The summed E-state index contributed by atoms with van der Waals surface area (Å²) in [6, 6.07) is 5.02. The SMILES string of the molecule is CCCNCc1cnc(-c2ccc(F)c(C)c2)[nH]1. The molecule has 0 fully saturated rings. The summed E-state index contributed by atoms with van der Waals surface area (Å²) in [5.41, 5.74) is 2.59. The Morgan fingerprint density at radius 2 is 2.22 bits per heavy atom. The van der Waals surface area contributed by atoms with E-state index in [4.69, 9.17) is 0 Å². The number of aromatic amines is 1. The van der Waals surface area contributed by atoms with Gasteiger partial charge in [0.2, 0.25) is 0 Å². The lowest BCUT2D eigenvalue weighted by molar-refractivity contribution is 0.618. The van der Waals surface area contributed by atoms with Crippen molar-refractivity contribution in [3.63, 3.8) is 0 Å². The second-order valence-corrected chi connectivity index (χ2v) is 4.40. The number of benzene rings is 1. The zero-order valence-electron chi connectivity index (χ0n) is 10.8. The molecule has 0 saturated heterocycles. The Morgan fingerprint density at radius 1 is 1.39 bits per heavy atom. The van der Waals surface area contributed by atoms with Crippen LogP contribution in [-0.4, -0.2) is 16.5 Å². The molecule has 0 saturated carbocycles. The molecular formula is C14H18FN3. The van der Waals surface area contributed by atoms with Crippen LogP contribution in [0.4, 0.5) is 4.39 Å². The highest BCUT2D eigenvalue weighted by atomic mass is 19.1. The topological polar surface area (TPSA) is 40.7 Å². The molecule has 2 N–H and O–H groups in total. The van der Waals surface area contributed by atoms with Gasteiger partial charge in [0, 0.05) is 24.0 Å². The molecule has 1 heterocycles. The molecule has 0 atom stereocenters. The second kappa shape index (κ2) is 5.78. The van der Waals surface area contributed by atoms with Crippen LogP contribution in [0.3, 0.4) is 0 Å². The van der Waals surface area contributed by atoms with E-state index in [1.54, 1.807) is 19.1 Å². The lowest BCUT2D eigenvalue weighted by atomic mass is 10.1. The van der Waals surface area contributed by atoms with Gasteiger partial charge < -0.3 is 10.3 Å². The van der Waals surface area contributed by atoms with Crippen LogP contribution >= 0.6 is 0 Å². The number of H-pyrrole nitrogens is 1. The minimum Gasteiger partial charge on any atom is -0.341 e. The Hall–Kier alpha value is -1.68. The molecule has 1 aromatic heterocycles. The van der Waals surface area contributed by atoms with E-state index in [9.17, 15) is 4.39 Å². The molecule has 3 nitrogen and oxygen atoms in total. The molecule has 2 aromatic rings. The second-order valence-electron chi connectivity index (χ2n) is 4.40. The minimum absolute atomic E-state index is 0.185. The van der Waals surface area contributed by atoms with E-state index >= 15 is 0 Å². The monoisotopic (exact) mass is 247 g/mol. The number of hydrogen-bond acceptors (Lipinski definition) is 2. The molecule has 18 heavy (non-hydrogen) atoms. The molecule has 0 radical (unpaired) electrons. The molecule has 0 spiro atoms. The van der Waals surface area contributed by atoms with Crippen molar-refractivity contribution >= 4 is 0 Å². The maximum atomic E-state index is 13.2. The highest BCUT2D eigenvalue weighted by molar-refractivity contribution is 5.56. The van der Waals surface area contributed by atoms with Crippen molar-refractivity contribution in [2.24, 2.45) is 0 Å². The molecule has 0 aliphatic rings. The van der Waals surface area contributed by atoms with Gasteiger partial charge >= 0.3 is 0 Å². The minimum atomic E-state index is -0.185.